The van der Waals surface area contributed by atoms with Crippen LogP contribution in [0.4, 0.5) is 5.13 Å². The van der Waals surface area contributed by atoms with Gasteiger partial charge in [-0.3, -0.25) is 10.1 Å². The van der Waals surface area contributed by atoms with Crippen molar-refractivity contribution in [3.63, 3.8) is 0 Å². The first-order valence-electron chi connectivity index (χ1n) is 6.98. The lowest BCUT2D eigenvalue weighted by atomic mass is 9.97. The van der Waals surface area contributed by atoms with Crippen molar-refractivity contribution in [2.75, 3.05) is 19.0 Å². The highest BCUT2D eigenvalue weighted by atomic mass is 32.1. The standard InChI is InChI=1S/C16H20N2O2S/c1-4-11(2)12-5-7-13(8-6-12)14-10-21-16(17-14)18-15(19)9-20-3/h5-8,10-11H,4,9H2,1-3H3,(H,17,18,19). The second-order valence-electron chi connectivity index (χ2n) is 4.95. The molecule has 21 heavy (non-hydrogen) atoms. The zero-order valence-electron chi connectivity index (χ0n) is 12.6. The molecule has 0 bridgehead atoms. The van der Waals surface area contributed by atoms with Gasteiger partial charge in [-0.05, 0) is 17.9 Å². The summed E-state index contributed by atoms with van der Waals surface area (Å²) in [6.07, 6.45) is 1.13. The fourth-order valence-corrected chi connectivity index (χ4v) is 2.70. The number of methoxy groups -OCH3 is 1. The lowest BCUT2D eigenvalue weighted by molar-refractivity contribution is -0.119. The van der Waals surface area contributed by atoms with E-state index in [1.165, 1.54) is 24.0 Å². The molecule has 1 aromatic carbocycles. The quantitative estimate of drug-likeness (QED) is 0.880. The third-order valence-corrected chi connectivity index (χ3v) is 4.17. The molecule has 1 N–H and O–H groups in total. The number of rotatable bonds is 6. The first-order valence-corrected chi connectivity index (χ1v) is 7.86. The van der Waals surface area contributed by atoms with Crippen LogP contribution in [0.1, 0.15) is 31.7 Å². The Labute approximate surface area is 129 Å². The molecule has 1 aromatic heterocycles. The number of nitrogens with zero attached hydrogens (tertiary/aromatic N) is 1. The minimum atomic E-state index is -0.189. The van der Waals surface area contributed by atoms with Crippen molar-refractivity contribution >= 4 is 22.4 Å². The van der Waals surface area contributed by atoms with Crippen LogP contribution in [0.2, 0.25) is 0 Å². The number of aromatic nitrogens is 1. The molecule has 0 fully saturated rings. The van der Waals surface area contributed by atoms with E-state index in [1.54, 1.807) is 0 Å². The Kier molecular flexibility index (Phi) is 5.47. The fraction of sp³-hybridized carbons (Fsp3) is 0.375. The number of carbonyl (C=O) groups is 1. The molecular weight excluding hydrogens is 284 g/mol. The minimum absolute atomic E-state index is 0.0402. The van der Waals surface area contributed by atoms with E-state index in [1.807, 2.05) is 5.38 Å². The van der Waals surface area contributed by atoms with E-state index in [4.69, 9.17) is 4.74 Å². The smallest absolute Gasteiger partial charge is 0.252 e. The molecule has 1 amide bonds. The number of amides is 1. The molecule has 112 valence electrons. The summed E-state index contributed by atoms with van der Waals surface area (Å²) in [5.74, 6) is 0.379. The Bertz CT molecular complexity index is 593. The van der Waals surface area contributed by atoms with Crippen molar-refractivity contribution < 1.29 is 9.53 Å². The highest BCUT2D eigenvalue weighted by molar-refractivity contribution is 7.14. The normalized spacial score (nSPS) is 12.1. The molecule has 0 aliphatic carbocycles. The monoisotopic (exact) mass is 304 g/mol. The molecule has 0 radical (unpaired) electrons. The zero-order chi connectivity index (χ0) is 15.2. The van der Waals surface area contributed by atoms with Crippen molar-refractivity contribution in [3.8, 4) is 11.3 Å². The first kappa shape index (κ1) is 15.7. The van der Waals surface area contributed by atoms with Crippen LogP contribution in [0, 0.1) is 0 Å². The van der Waals surface area contributed by atoms with E-state index in [9.17, 15) is 4.79 Å². The van der Waals surface area contributed by atoms with Crippen LogP contribution >= 0.6 is 11.3 Å². The van der Waals surface area contributed by atoms with Gasteiger partial charge in [-0.2, -0.15) is 0 Å². The predicted molar refractivity (Wildman–Crippen MR) is 86.8 cm³/mol. The van der Waals surface area contributed by atoms with Crippen molar-refractivity contribution in [2.45, 2.75) is 26.2 Å². The van der Waals surface area contributed by atoms with Gasteiger partial charge in [0.2, 0.25) is 0 Å². The summed E-state index contributed by atoms with van der Waals surface area (Å²) in [4.78, 5) is 15.9. The number of thiazole rings is 1. The summed E-state index contributed by atoms with van der Waals surface area (Å²) in [5, 5.41) is 5.26. The summed E-state index contributed by atoms with van der Waals surface area (Å²) in [6.45, 7) is 4.45. The molecule has 2 aromatic rings. The lowest BCUT2D eigenvalue weighted by Crippen LogP contribution is -2.16. The van der Waals surface area contributed by atoms with Gasteiger partial charge in [-0.1, -0.05) is 38.1 Å². The SMILES string of the molecule is CCC(C)c1ccc(-c2csc(NC(=O)COC)n2)cc1. The largest absolute Gasteiger partial charge is 0.375 e. The third-order valence-electron chi connectivity index (χ3n) is 3.41. The number of hydrogen-bond acceptors (Lipinski definition) is 4. The molecule has 1 heterocycles. The third kappa shape index (κ3) is 4.12. The molecule has 1 atom stereocenters. The van der Waals surface area contributed by atoms with E-state index < -0.39 is 0 Å². The van der Waals surface area contributed by atoms with Gasteiger partial charge in [0.25, 0.3) is 5.91 Å². The fourth-order valence-electron chi connectivity index (χ4n) is 1.97. The molecular formula is C16H20N2O2S. The molecule has 0 aliphatic heterocycles. The van der Waals surface area contributed by atoms with Crippen LogP contribution in [-0.2, 0) is 9.53 Å². The molecule has 1 unspecified atom stereocenters. The second kappa shape index (κ2) is 7.33. The molecule has 0 saturated heterocycles. The van der Waals surface area contributed by atoms with E-state index in [2.05, 4.69) is 48.4 Å². The molecule has 0 aliphatic rings. The summed E-state index contributed by atoms with van der Waals surface area (Å²) < 4.78 is 4.78. The van der Waals surface area contributed by atoms with Crippen LogP contribution in [-0.4, -0.2) is 24.6 Å². The maximum Gasteiger partial charge on any atom is 0.252 e. The van der Waals surface area contributed by atoms with Gasteiger partial charge in [0.1, 0.15) is 6.61 Å². The maximum atomic E-state index is 11.4. The second-order valence-corrected chi connectivity index (χ2v) is 5.81. The lowest BCUT2D eigenvalue weighted by Gasteiger charge is -2.08. The topological polar surface area (TPSA) is 51.2 Å². The Hall–Kier alpha value is -1.72. The van der Waals surface area contributed by atoms with E-state index in [-0.39, 0.29) is 12.5 Å². The molecule has 2 rings (SSSR count). The number of benzene rings is 1. The summed E-state index contributed by atoms with van der Waals surface area (Å²) in [5.41, 5.74) is 3.28. The van der Waals surface area contributed by atoms with E-state index in [0.717, 1.165) is 17.7 Å². The predicted octanol–water partition coefficient (Wildman–Crippen LogP) is 3.91. The summed E-state index contributed by atoms with van der Waals surface area (Å²) in [6, 6.07) is 8.45. The average Bonchev–Trinajstić information content (AvgIpc) is 2.95. The summed E-state index contributed by atoms with van der Waals surface area (Å²) >= 11 is 1.41. The highest BCUT2D eigenvalue weighted by Crippen LogP contribution is 2.27. The van der Waals surface area contributed by atoms with Gasteiger partial charge in [-0.15, -0.1) is 11.3 Å². The number of anilines is 1. The van der Waals surface area contributed by atoms with Crippen molar-refractivity contribution in [2.24, 2.45) is 0 Å². The molecule has 0 spiro atoms. The van der Waals surface area contributed by atoms with Crippen LogP contribution in [0.25, 0.3) is 11.3 Å². The summed E-state index contributed by atoms with van der Waals surface area (Å²) in [7, 11) is 1.49. The van der Waals surface area contributed by atoms with Crippen molar-refractivity contribution in [1.82, 2.24) is 4.98 Å². The van der Waals surface area contributed by atoms with Crippen LogP contribution in [0.15, 0.2) is 29.6 Å². The Morgan fingerprint density at radius 1 is 1.38 bits per heavy atom. The van der Waals surface area contributed by atoms with Gasteiger partial charge in [0.05, 0.1) is 5.69 Å². The van der Waals surface area contributed by atoms with Crippen LogP contribution in [0.5, 0.6) is 0 Å². The average molecular weight is 304 g/mol. The highest BCUT2D eigenvalue weighted by Gasteiger charge is 2.08. The van der Waals surface area contributed by atoms with Crippen LogP contribution < -0.4 is 5.32 Å². The first-order chi connectivity index (χ1) is 10.1. The van der Waals surface area contributed by atoms with Gasteiger partial charge in [-0.25, -0.2) is 4.98 Å². The van der Waals surface area contributed by atoms with E-state index in [0.29, 0.717) is 11.0 Å². The zero-order valence-corrected chi connectivity index (χ0v) is 13.4. The number of carbonyl (C=O) groups excluding carboxylic acids is 1. The molecule has 5 heteroatoms. The Morgan fingerprint density at radius 2 is 2.10 bits per heavy atom. The van der Waals surface area contributed by atoms with Crippen LogP contribution in [0.3, 0.4) is 0 Å². The molecule has 4 nitrogen and oxygen atoms in total. The number of hydrogen-bond donors (Lipinski definition) is 1. The van der Waals surface area contributed by atoms with Gasteiger partial charge >= 0.3 is 0 Å². The Morgan fingerprint density at radius 3 is 2.71 bits per heavy atom. The minimum Gasteiger partial charge on any atom is -0.375 e. The number of nitrogens with one attached hydrogen (secondary N) is 1. The van der Waals surface area contributed by atoms with Gasteiger partial charge in [0, 0.05) is 18.1 Å². The molecule has 0 saturated carbocycles. The van der Waals surface area contributed by atoms with E-state index >= 15 is 0 Å². The maximum absolute atomic E-state index is 11.4. The van der Waals surface area contributed by atoms with Crippen molar-refractivity contribution in [3.05, 3.63) is 35.2 Å². The number of ether oxygens (including phenoxy) is 1. The Balaban J connectivity index is 2.08. The van der Waals surface area contributed by atoms with Gasteiger partial charge < -0.3 is 4.74 Å². The van der Waals surface area contributed by atoms with Gasteiger partial charge in [0.15, 0.2) is 5.13 Å². The van der Waals surface area contributed by atoms with Crippen molar-refractivity contribution in [1.29, 1.82) is 0 Å².